The van der Waals surface area contributed by atoms with Crippen LogP contribution in [0.2, 0.25) is 0 Å². The summed E-state index contributed by atoms with van der Waals surface area (Å²) in [4.78, 5) is 4.43. The molecule has 4 heteroatoms. The summed E-state index contributed by atoms with van der Waals surface area (Å²) in [7, 11) is 1.59. The Morgan fingerprint density at radius 3 is 2.48 bits per heavy atom. The number of pyridine rings is 1. The van der Waals surface area contributed by atoms with Gasteiger partial charge in [-0.05, 0) is 31.0 Å². The summed E-state index contributed by atoms with van der Waals surface area (Å²) in [5.74, 6) is 0.318. The summed E-state index contributed by atoms with van der Waals surface area (Å²) in [6, 6.07) is 8.66. The highest BCUT2D eigenvalue weighted by molar-refractivity contribution is 5.33. The molecule has 1 aromatic carbocycles. The van der Waals surface area contributed by atoms with Gasteiger partial charge in [-0.2, -0.15) is 0 Å². The fourth-order valence-electron chi connectivity index (χ4n) is 2.20. The second kappa shape index (κ2) is 7.18. The molecule has 0 spiro atoms. The maximum absolute atomic E-state index is 13.5. The fraction of sp³-hybridized carbons (Fsp3) is 0.353. The molecular weight excluding hydrogens is 269 g/mol. The first-order valence-corrected chi connectivity index (χ1v) is 7.00. The van der Waals surface area contributed by atoms with Gasteiger partial charge in [0.1, 0.15) is 5.82 Å². The van der Waals surface area contributed by atoms with Gasteiger partial charge in [-0.3, -0.25) is 0 Å². The van der Waals surface area contributed by atoms with Crippen LogP contribution in [0.4, 0.5) is 4.39 Å². The number of hydrogen-bond acceptors (Lipinski definition) is 3. The monoisotopic (exact) mass is 289 g/mol. The highest BCUT2D eigenvalue weighted by Gasteiger charge is 2.10. The van der Waals surface area contributed by atoms with Crippen molar-refractivity contribution in [3.63, 3.8) is 0 Å². The summed E-state index contributed by atoms with van der Waals surface area (Å²) in [6.07, 6.45) is 0.906. The highest BCUT2D eigenvalue weighted by atomic mass is 19.1. The number of nitrogens with zero attached hydrogens (tertiary/aromatic N) is 1. The van der Waals surface area contributed by atoms with Gasteiger partial charge in [0.15, 0.2) is 0 Å². The Labute approximate surface area is 124 Å². The minimum absolute atomic E-state index is 0.227. The average Bonchev–Trinajstić information content (AvgIpc) is 2.50. The number of rotatable bonds is 6. The van der Waals surface area contributed by atoms with E-state index in [2.05, 4.69) is 11.9 Å². The third-order valence-electron chi connectivity index (χ3n) is 3.40. The zero-order valence-corrected chi connectivity index (χ0v) is 12.6. The summed E-state index contributed by atoms with van der Waals surface area (Å²) < 4.78 is 24.4. The maximum Gasteiger partial charge on any atom is 0.218 e. The third kappa shape index (κ3) is 3.79. The Hall–Kier alpha value is -1.94. The van der Waals surface area contributed by atoms with E-state index >= 15 is 0 Å². The Morgan fingerprint density at radius 2 is 1.81 bits per heavy atom. The topological polar surface area (TPSA) is 31.4 Å². The van der Waals surface area contributed by atoms with Gasteiger partial charge >= 0.3 is 0 Å². The fourth-order valence-corrected chi connectivity index (χ4v) is 2.20. The van der Waals surface area contributed by atoms with Crippen LogP contribution in [-0.2, 0) is 24.4 Å². The van der Waals surface area contributed by atoms with Gasteiger partial charge in [-0.15, -0.1) is 0 Å². The number of aromatic nitrogens is 1. The van der Waals surface area contributed by atoms with E-state index < -0.39 is 0 Å². The largest absolute Gasteiger partial charge is 0.481 e. The molecule has 0 aliphatic heterocycles. The van der Waals surface area contributed by atoms with Crippen LogP contribution < -0.4 is 4.74 Å². The third-order valence-corrected chi connectivity index (χ3v) is 3.40. The van der Waals surface area contributed by atoms with E-state index in [4.69, 9.17) is 9.47 Å². The number of ether oxygens (including phenoxy) is 2. The van der Waals surface area contributed by atoms with Gasteiger partial charge in [0.05, 0.1) is 20.3 Å². The lowest BCUT2D eigenvalue weighted by Gasteiger charge is -2.12. The van der Waals surface area contributed by atoms with Gasteiger partial charge in [0.25, 0.3) is 0 Å². The van der Waals surface area contributed by atoms with Crippen LogP contribution in [-0.4, -0.2) is 12.1 Å². The second-order valence-corrected chi connectivity index (χ2v) is 4.84. The zero-order chi connectivity index (χ0) is 15.2. The van der Waals surface area contributed by atoms with Crippen molar-refractivity contribution in [1.82, 2.24) is 4.98 Å². The SMILES string of the molecule is CCc1cc(COCc2ccccc2F)c(OC)nc1C. The first-order chi connectivity index (χ1) is 10.2. The number of halogens is 1. The van der Waals surface area contributed by atoms with Crippen LogP contribution in [0.15, 0.2) is 30.3 Å². The normalized spacial score (nSPS) is 10.7. The van der Waals surface area contributed by atoms with Crippen molar-refractivity contribution in [2.24, 2.45) is 0 Å². The van der Waals surface area contributed by atoms with E-state index in [-0.39, 0.29) is 12.4 Å². The minimum atomic E-state index is -0.249. The predicted octanol–water partition coefficient (Wildman–Crippen LogP) is 3.82. The number of hydrogen-bond donors (Lipinski definition) is 0. The van der Waals surface area contributed by atoms with Gasteiger partial charge in [-0.25, -0.2) is 9.37 Å². The maximum atomic E-state index is 13.5. The number of aryl methyl sites for hydroxylation is 2. The van der Waals surface area contributed by atoms with Gasteiger partial charge in [0, 0.05) is 16.8 Å². The van der Waals surface area contributed by atoms with E-state index in [1.807, 2.05) is 13.0 Å². The molecule has 0 fully saturated rings. The van der Waals surface area contributed by atoms with Gasteiger partial charge in [-0.1, -0.05) is 25.1 Å². The highest BCUT2D eigenvalue weighted by Crippen LogP contribution is 2.21. The van der Waals surface area contributed by atoms with Gasteiger partial charge < -0.3 is 9.47 Å². The van der Waals surface area contributed by atoms with Crippen molar-refractivity contribution < 1.29 is 13.9 Å². The minimum Gasteiger partial charge on any atom is -0.481 e. The molecule has 1 aromatic heterocycles. The number of methoxy groups -OCH3 is 1. The molecule has 0 amide bonds. The molecule has 0 aliphatic rings. The Balaban J connectivity index is 2.07. The number of benzene rings is 1. The van der Waals surface area contributed by atoms with Crippen LogP contribution in [0.25, 0.3) is 0 Å². The Kier molecular flexibility index (Phi) is 5.28. The zero-order valence-electron chi connectivity index (χ0n) is 12.6. The average molecular weight is 289 g/mol. The van der Waals surface area contributed by atoms with E-state index in [9.17, 15) is 4.39 Å². The smallest absolute Gasteiger partial charge is 0.218 e. The molecule has 0 saturated heterocycles. The molecule has 3 nitrogen and oxygen atoms in total. The van der Waals surface area contributed by atoms with E-state index in [0.29, 0.717) is 18.1 Å². The first kappa shape index (κ1) is 15.4. The molecular formula is C17H20FNO2. The van der Waals surface area contributed by atoms with Crippen molar-refractivity contribution >= 4 is 0 Å². The summed E-state index contributed by atoms with van der Waals surface area (Å²) >= 11 is 0. The summed E-state index contributed by atoms with van der Waals surface area (Å²) in [6.45, 7) is 4.62. The molecule has 1 heterocycles. The molecule has 0 N–H and O–H groups in total. The van der Waals surface area contributed by atoms with Crippen LogP contribution in [0, 0.1) is 12.7 Å². The summed E-state index contributed by atoms with van der Waals surface area (Å²) in [5.41, 5.74) is 3.57. The summed E-state index contributed by atoms with van der Waals surface area (Å²) in [5, 5.41) is 0. The molecule has 0 atom stereocenters. The van der Waals surface area contributed by atoms with Crippen LogP contribution in [0.3, 0.4) is 0 Å². The van der Waals surface area contributed by atoms with Crippen LogP contribution >= 0.6 is 0 Å². The molecule has 112 valence electrons. The lowest BCUT2D eigenvalue weighted by atomic mass is 10.1. The second-order valence-electron chi connectivity index (χ2n) is 4.84. The Bertz CT molecular complexity index is 614. The molecule has 0 unspecified atom stereocenters. The van der Waals surface area contributed by atoms with Crippen molar-refractivity contribution in [3.8, 4) is 5.88 Å². The molecule has 2 rings (SSSR count). The predicted molar refractivity (Wildman–Crippen MR) is 79.8 cm³/mol. The van der Waals surface area contributed by atoms with Crippen molar-refractivity contribution in [1.29, 1.82) is 0 Å². The molecule has 0 saturated carbocycles. The molecule has 0 bridgehead atoms. The van der Waals surface area contributed by atoms with E-state index in [1.54, 1.807) is 25.3 Å². The Morgan fingerprint density at radius 1 is 1.10 bits per heavy atom. The lowest BCUT2D eigenvalue weighted by molar-refractivity contribution is 0.102. The van der Waals surface area contributed by atoms with Gasteiger partial charge in [0.2, 0.25) is 5.88 Å². The first-order valence-electron chi connectivity index (χ1n) is 7.00. The van der Waals surface area contributed by atoms with Crippen molar-refractivity contribution in [2.75, 3.05) is 7.11 Å². The molecule has 0 aliphatic carbocycles. The van der Waals surface area contributed by atoms with Crippen molar-refractivity contribution in [2.45, 2.75) is 33.5 Å². The van der Waals surface area contributed by atoms with E-state index in [1.165, 1.54) is 11.6 Å². The molecule has 21 heavy (non-hydrogen) atoms. The van der Waals surface area contributed by atoms with Crippen LogP contribution in [0.5, 0.6) is 5.88 Å². The van der Waals surface area contributed by atoms with E-state index in [0.717, 1.165) is 17.7 Å². The standard InChI is InChI=1S/C17H20FNO2/c1-4-13-9-15(17(20-3)19-12(13)2)11-21-10-14-7-5-6-8-16(14)18/h5-9H,4,10-11H2,1-3H3. The van der Waals surface area contributed by atoms with Crippen molar-refractivity contribution in [3.05, 3.63) is 58.5 Å². The molecule has 2 aromatic rings. The quantitative estimate of drug-likeness (QED) is 0.810. The van der Waals surface area contributed by atoms with Crippen LogP contribution in [0.1, 0.15) is 29.3 Å². The molecule has 0 radical (unpaired) electrons. The lowest BCUT2D eigenvalue weighted by Crippen LogP contribution is -2.03.